The van der Waals surface area contributed by atoms with Crippen molar-refractivity contribution in [3.05, 3.63) is 276 Å². The Bertz CT molecular complexity index is 3170. The van der Waals surface area contributed by atoms with Crippen LogP contribution in [0.3, 0.4) is 0 Å². The van der Waals surface area contributed by atoms with Gasteiger partial charge in [-0.2, -0.15) is 4.98 Å². The molecule has 1 unspecified atom stereocenters. The van der Waals surface area contributed by atoms with Crippen LogP contribution in [0, 0.1) is 0 Å². The minimum Gasteiger partial charge on any atom is -0.432 e. The first kappa shape index (κ1) is 55.5. The normalized spacial score (nSPS) is 22.8. The van der Waals surface area contributed by atoms with Crippen molar-refractivity contribution in [2.45, 2.75) is 108 Å². The molecule has 1 N–H and O–H groups in total. The molecule has 8 aromatic carbocycles. The second-order valence-corrected chi connectivity index (χ2v) is 20.2. The number of benzene rings is 8. The van der Waals surface area contributed by atoms with E-state index < -0.39 is 61.4 Å². The second kappa shape index (κ2) is 28.9. The summed E-state index contributed by atoms with van der Waals surface area (Å²) in [5.74, 6) is 0. The zero-order chi connectivity index (χ0) is 54.7. The van der Waals surface area contributed by atoms with Crippen molar-refractivity contribution < 1.29 is 52.1 Å². The lowest BCUT2D eigenvalue weighted by Gasteiger charge is -2.47. The lowest BCUT2D eigenvalue weighted by atomic mass is 9.96. The summed E-state index contributed by atoms with van der Waals surface area (Å²) >= 11 is 0. The number of imidazole rings is 1. The number of nitrogens with one attached hydrogen (secondary N) is 1. The molecule has 10 atom stereocenters. The summed E-state index contributed by atoms with van der Waals surface area (Å²) in [5, 5.41) is 0. The van der Waals surface area contributed by atoms with Crippen molar-refractivity contribution in [3.63, 3.8) is 0 Å². The fraction of sp³-hybridized carbons (Fsp3) is 0.279. The molecule has 2 saturated heterocycles. The van der Waals surface area contributed by atoms with Crippen LogP contribution in [-0.4, -0.2) is 84.6 Å². The Morgan fingerprint density at radius 3 is 1.04 bits per heavy atom. The van der Waals surface area contributed by atoms with E-state index in [1.807, 2.05) is 237 Å². The van der Waals surface area contributed by atoms with Gasteiger partial charge in [0.05, 0.1) is 70.5 Å². The quantitative estimate of drug-likeness (QED) is 0.0526. The topological polar surface area (TPSA) is 130 Å². The third-order valence-electron chi connectivity index (χ3n) is 14.3. The van der Waals surface area contributed by atoms with Crippen molar-refractivity contribution in [2.75, 3.05) is 13.2 Å². The van der Waals surface area contributed by atoms with Crippen molar-refractivity contribution >= 4 is 11.0 Å². The van der Waals surface area contributed by atoms with Crippen LogP contribution in [0.25, 0.3) is 11.0 Å². The van der Waals surface area contributed by atoms with E-state index in [-0.39, 0.29) is 58.9 Å². The number of nitrogens with zero attached hydrogens (tertiary/aromatic N) is 1. The van der Waals surface area contributed by atoms with E-state index in [4.69, 9.17) is 57.1 Å². The Labute approximate surface area is 473 Å². The van der Waals surface area contributed by atoms with Gasteiger partial charge in [0.2, 0.25) is 6.29 Å². The molecule has 9 aromatic rings. The Hall–Kier alpha value is -7.37. The van der Waals surface area contributed by atoms with E-state index in [0.717, 1.165) is 50.0 Å². The highest BCUT2D eigenvalue weighted by molar-refractivity contribution is 5.75. The van der Waals surface area contributed by atoms with Crippen LogP contribution < -0.4 is 4.74 Å². The Balaban J connectivity index is 0.963. The summed E-state index contributed by atoms with van der Waals surface area (Å²) in [6.45, 7) is 1.90. The molecule has 0 bridgehead atoms. The molecule has 13 heteroatoms. The van der Waals surface area contributed by atoms with Gasteiger partial charge < -0.3 is 57.1 Å². The molecule has 3 heterocycles. The third-order valence-corrected chi connectivity index (χ3v) is 14.3. The average molecular weight is 1090 g/mol. The molecule has 13 nitrogen and oxygen atoms in total. The summed E-state index contributed by atoms with van der Waals surface area (Å²) in [6.07, 6.45) is -8.40. The largest absolute Gasteiger partial charge is 0.432 e. The van der Waals surface area contributed by atoms with Gasteiger partial charge in [0, 0.05) is 0 Å². The maximum absolute atomic E-state index is 7.20. The maximum atomic E-state index is 7.20. The molecule has 0 amide bonds. The first-order valence-corrected chi connectivity index (χ1v) is 27.7. The first-order chi connectivity index (χ1) is 40.1. The zero-order valence-electron chi connectivity index (χ0n) is 45.1. The van der Waals surface area contributed by atoms with Crippen molar-refractivity contribution in [3.8, 4) is 6.01 Å². The van der Waals surface area contributed by atoms with E-state index in [1.54, 1.807) is 0 Å². The summed E-state index contributed by atoms with van der Waals surface area (Å²) in [7, 11) is 0. The first-order valence-electron chi connectivity index (χ1n) is 27.7. The summed E-state index contributed by atoms with van der Waals surface area (Å²) in [4.78, 5) is 8.16. The van der Waals surface area contributed by atoms with Crippen molar-refractivity contribution in [2.24, 2.45) is 0 Å². The summed E-state index contributed by atoms with van der Waals surface area (Å²) in [5.41, 5.74) is 8.39. The molecular formula is C68H68N2O11. The number of fused-ring (bicyclic) bond motifs is 1. The second-order valence-electron chi connectivity index (χ2n) is 20.2. The zero-order valence-corrected chi connectivity index (χ0v) is 45.1. The Morgan fingerprint density at radius 1 is 0.309 bits per heavy atom. The lowest BCUT2D eigenvalue weighted by Crippen LogP contribution is -2.64. The van der Waals surface area contributed by atoms with Gasteiger partial charge in [-0.15, -0.1) is 0 Å². The summed E-state index contributed by atoms with van der Waals surface area (Å²) in [6, 6.07) is 78.3. The minimum absolute atomic E-state index is 0.0789. The minimum atomic E-state index is -1.09. The number of ether oxygens (including phenoxy) is 11. The molecule has 81 heavy (non-hydrogen) atoms. The van der Waals surface area contributed by atoms with Crippen LogP contribution in [0.4, 0.5) is 0 Å². The molecule has 0 aliphatic carbocycles. The average Bonchev–Trinajstić information content (AvgIpc) is 3.98. The van der Waals surface area contributed by atoms with Gasteiger partial charge in [-0.25, -0.2) is 0 Å². The van der Waals surface area contributed by atoms with Crippen LogP contribution in [0.1, 0.15) is 38.9 Å². The molecule has 416 valence electrons. The monoisotopic (exact) mass is 1090 g/mol. The molecule has 11 rings (SSSR count). The van der Waals surface area contributed by atoms with E-state index in [1.165, 1.54) is 0 Å². The lowest BCUT2D eigenvalue weighted by molar-refractivity contribution is -0.347. The standard InChI is InChI=1S/C68H68N2O11/c1-8-24-49(25-9-1)40-71-47-58-60(72-41-50-26-10-2-11-27-50)62(74-43-52-30-14-4-15-31-52)64(76-45-54-34-18-6-19-35-54)66(79-58)78-48-59-61(73-42-51-28-12-3-13-29-51)63(75-44-53-32-16-5-17-33-53)65(77-46-55-36-20-7-21-37-55)67(80-59)81-68-69-56-38-22-23-39-57(56)70-68/h1-39,58-67H,40-48H2,(H,69,70)/t58-,59-,60-,61-,62+,63+,64-,65-,66?,67-/m1/s1. The van der Waals surface area contributed by atoms with Gasteiger partial charge in [-0.05, 0) is 51.1 Å². The molecule has 2 fully saturated rings. The molecule has 0 spiro atoms. The van der Waals surface area contributed by atoms with Crippen molar-refractivity contribution in [1.29, 1.82) is 0 Å². The molecule has 2 aliphatic heterocycles. The van der Waals surface area contributed by atoms with Crippen molar-refractivity contribution in [1.82, 2.24) is 9.97 Å². The number of hydrogen-bond donors (Lipinski definition) is 1. The Kier molecular flexibility index (Phi) is 19.8. The fourth-order valence-corrected chi connectivity index (χ4v) is 10.1. The predicted molar refractivity (Wildman–Crippen MR) is 306 cm³/mol. The fourth-order valence-electron chi connectivity index (χ4n) is 10.1. The van der Waals surface area contributed by atoms with E-state index in [0.29, 0.717) is 6.61 Å². The predicted octanol–water partition coefficient (Wildman–Crippen LogP) is 12.1. The van der Waals surface area contributed by atoms with Crippen LogP contribution in [0.2, 0.25) is 0 Å². The van der Waals surface area contributed by atoms with Crippen LogP contribution in [0.15, 0.2) is 237 Å². The van der Waals surface area contributed by atoms with Gasteiger partial charge in [0.1, 0.15) is 48.8 Å². The molecular weight excluding hydrogens is 1020 g/mol. The number of aromatic amines is 1. The van der Waals surface area contributed by atoms with Gasteiger partial charge in [0.25, 0.3) is 6.01 Å². The van der Waals surface area contributed by atoms with Gasteiger partial charge in [-0.3, -0.25) is 0 Å². The number of hydrogen-bond acceptors (Lipinski definition) is 12. The highest BCUT2D eigenvalue weighted by atomic mass is 16.8. The highest BCUT2D eigenvalue weighted by Gasteiger charge is 2.53. The smallest absolute Gasteiger partial charge is 0.297 e. The van der Waals surface area contributed by atoms with Gasteiger partial charge >= 0.3 is 0 Å². The summed E-state index contributed by atoms with van der Waals surface area (Å²) < 4.78 is 77.1. The SMILES string of the molecule is c1ccc(COC[C@H]2OC(OC[C@H]3O[C@H](Oc4nc5ccccc5[nH]4)[C@H](OCc4ccccc4)[C@@H](OCc4ccccc4)[C@@H]3OCc3ccccc3)[C@H](OCc3ccccc3)[C@@H](OCc3ccccc3)[C@@H]2OCc2ccccc2)cc1. The molecule has 1 aromatic heterocycles. The van der Waals surface area contributed by atoms with Crippen LogP contribution >= 0.6 is 0 Å². The van der Waals surface area contributed by atoms with Crippen LogP contribution in [0.5, 0.6) is 6.01 Å². The van der Waals surface area contributed by atoms with Gasteiger partial charge in [-0.1, -0.05) is 224 Å². The molecule has 0 radical (unpaired) electrons. The van der Waals surface area contributed by atoms with E-state index in [9.17, 15) is 0 Å². The van der Waals surface area contributed by atoms with Gasteiger partial charge in [0.15, 0.2) is 6.29 Å². The Morgan fingerprint density at radius 2 is 0.630 bits per heavy atom. The number of H-pyrrole nitrogens is 1. The number of para-hydroxylation sites is 2. The van der Waals surface area contributed by atoms with E-state index >= 15 is 0 Å². The van der Waals surface area contributed by atoms with E-state index in [2.05, 4.69) is 4.98 Å². The highest BCUT2D eigenvalue weighted by Crippen LogP contribution is 2.36. The van der Waals surface area contributed by atoms with Crippen LogP contribution in [-0.2, 0) is 93.6 Å². The molecule has 0 saturated carbocycles. The number of aromatic nitrogens is 2. The third kappa shape index (κ3) is 15.6. The number of rotatable bonds is 27. The molecule has 2 aliphatic rings. The maximum Gasteiger partial charge on any atom is 0.297 e.